The first-order valence-electron chi connectivity index (χ1n) is 4.34. The summed E-state index contributed by atoms with van der Waals surface area (Å²) in [6, 6.07) is 0.605. The fourth-order valence-electron chi connectivity index (χ4n) is 0.973. The van der Waals surface area contributed by atoms with Gasteiger partial charge < -0.3 is 9.73 Å². The number of anilines is 1. The van der Waals surface area contributed by atoms with Crippen LogP contribution in [0, 0.1) is 5.92 Å². The number of aryl methyl sites for hydroxylation is 1. The molecule has 0 aliphatic heterocycles. The number of aromatic nitrogens is 1. The van der Waals surface area contributed by atoms with E-state index in [1.54, 1.807) is 13.3 Å². The average Bonchev–Trinajstić information content (AvgIpc) is 2.48. The van der Waals surface area contributed by atoms with Crippen LogP contribution in [0.5, 0.6) is 0 Å². The maximum absolute atomic E-state index is 5.12. The van der Waals surface area contributed by atoms with E-state index in [0.717, 1.165) is 24.5 Å². The zero-order valence-corrected chi connectivity index (χ0v) is 7.92. The SMILES string of the molecule is CNc1nc(CCC(C)C)co1. The number of oxazole rings is 1. The third-order valence-electron chi connectivity index (χ3n) is 1.74. The van der Waals surface area contributed by atoms with E-state index in [2.05, 4.69) is 24.1 Å². The molecule has 0 fully saturated rings. The lowest BCUT2D eigenvalue weighted by Gasteiger charge is -1.99. The minimum absolute atomic E-state index is 0.605. The minimum atomic E-state index is 0.605. The molecular weight excluding hydrogens is 152 g/mol. The highest BCUT2D eigenvalue weighted by atomic mass is 16.4. The lowest BCUT2D eigenvalue weighted by Crippen LogP contribution is -1.93. The Kier molecular flexibility index (Phi) is 3.14. The third kappa shape index (κ3) is 2.57. The van der Waals surface area contributed by atoms with Gasteiger partial charge in [-0.3, -0.25) is 0 Å². The highest BCUT2D eigenvalue weighted by Gasteiger charge is 2.02. The van der Waals surface area contributed by atoms with E-state index in [9.17, 15) is 0 Å². The molecule has 0 aliphatic rings. The topological polar surface area (TPSA) is 38.1 Å². The summed E-state index contributed by atoms with van der Waals surface area (Å²) in [6.45, 7) is 4.41. The fraction of sp³-hybridized carbons (Fsp3) is 0.667. The predicted octanol–water partition coefficient (Wildman–Crippen LogP) is 2.30. The normalized spacial score (nSPS) is 10.7. The van der Waals surface area contributed by atoms with Crippen LogP contribution in [-0.4, -0.2) is 12.0 Å². The van der Waals surface area contributed by atoms with Gasteiger partial charge >= 0.3 is 0 Å². The molecule has 1 N–H and O–H groups in total. The van der Waals surface area contributed by atoms with Gasteiger partial charge in [-0.25, -0.2) is 0 Å². The minimum Gasteiger partial charge on any atom is -0.432 e. The molecule has 1 heterocycles. The van der Waals surface area contributed by atoms with Crippen LogP contribution in [0.1, 0.15) is 26.0 Å². The van der Waals surface area contributed by atoms with Gasteiger partial charge in [0.1, 0.15) is 6.26 Å². The van der Waals surface area contributed by atoms with Gasteiger partial charge in [-0.2, -0.15) is 4.98 Å². The summed E-state index contributed by atoms with van der Waals surface area (Å²) in [5.74, 6) is 0.722. The lowest BCUT2D eigenvalue weighted by molar-refractivity contribution is 0.563. The third-order valence-corrected chi connectivity index (χ3v) is 1.74. The Morgan fingerprint density at radius 2 is 2.33 bits per heavy atom. The summed E-state index contributed by atoms with van der Waals surface area (Å²) in [7, 11) is 1.80. The van der Waals surface area contributed by atoms with E-state index in [1.165, 1.54) is 0 Å². The highest BCUT2D eigenvalue weighted by molar-refractivity contribution is 5.19. The lowest BCUT2D eigenvalue weighted by atomic mass is 10.1. The van der Waals surface area contributed by atoms with Crippen molar-refractivity contribution in [2.24, 2.45) is 5.92 Å². The average molecular weight is 168 g/mol. The molecular formula is C9H16N2O. The van der Waals surface area contributed by atoms with Gasteiger partial charge in [0, 0.05) is 7.05 Å². The van der Waals surface area contributed by atoms with Gasteiger partial charge in [0.05, 0.1) is 5.69 Å². The maximum Gasteiger partial charge on any atom is 0.294 e. The second-order valence-corrected chi connectivity index (χ2v) is 3.33. The molecule has 1 aromatic rings. The van der Waals surface area contributed by atoms with Crippen molar-refractivity contribution in [3.63, 3.8) is 0 Å². The van der Waals surface area contributed by atoms with Crippen molar-refractivity contribution >= 4 is 6.01 Å². The maximum atomic E-state index is 5.12. The first-order valence-corrected chi connectivity index (χ1v) is 4.34. The van der Waals surface area contributed by atoms with Gasteiger partial charge in [0.2, 0.25) is 0 Å². The molecule has 1 aromatic heterocycles. The monoisotopic (exact) mass is 168 g/mol. The molecule has 1 rings (SSSR count). The van der Waals surface area contributed by atoms with Crippen molar-refractivity contribution in [3.8, 4) is 0 Å². The van der Waals surface area contributed by atoms with E-state index in [-0.39, 0.29) is 0 Å². The Labute approximate surface area is 73.2 Å². The number of rotatable bonds is 4. The van der Waals surface area contributed by atoms with Crippen LogP contribution >= 0.6 is 0 Å². The molecule has 3 nitrogen and oxygen atoms in total. The molecule has 0 saturated heterocycles. The van der Waals surface area contributed by atoms with Crippen LogP contribution in [0.2, 0.25) is 0 Å². The quantitative estimate of drug-likeness (QED) is 0.749. The highest BCUT2D eigenvalue weighted by Crippen LogP contribution is 2.11. The van der Waals surface area contributed by atoms with Gasteiger partial charge in [-0.05, 0) is 18.8 Å². The van der Waals surface area contributed by atoms with Crippen molar-refractivity contribution in [2.45, 2.75) is 26.7 Å². The summed E-state index contributed by atoms with van der Waals surface area (Å²) in [6.07, 6.45) is 3.88. The Morgan fingerprint density at radius 1 is 1.58 bits per heavy atom. The van der Waals surface area contributed by atoms with Crippen LogP contribution in [0.4, 0.5) is 6.01 Å². The van der Waals surface area contributed by atoms with Gasteiger partial charge in [0.25, 0.3) is 6.01 Å². The van der Waals surface area contributed by atoms with Crippen LogP contribution < -0.4 is 5.32 Å². The van der Waals surface area contributed by atoms with Crippen LogP contribution in [-0.2, 0) is 6.42 Å². The Balaban J connectivity index is 2.41. The van der Waals surface area contributed by atoms with Gasteiger partial charge in [0.15, 0.2) is 0 Å². The number of nitrogens with one attached hydrogen (secondary N) is 1. The van der Waals surface area contributed by atoms with E-state index in [4.69, 9.17) is 4.42 Å². The van der Waals surface area contributed by atoms with E-state index in [1.807, 2.05) is 0 Å². The predicted molar refractivity (Wildman–Crippen MR) is 49.2 cm³/mol. The molecule has 0 amide bonds. The number of nitrogens with zero attached hydrogens (tertiary/aromatic N) is 1. The van der Waals surface area contributed by atoms with Crippen molar-refractivity contribution in [1.29, 1.82) is 0 Å². The zero-order valence-electron chi connectivity index (χ0n) is 7.92. The molecule has 0 radical (unpaired) electrons. The Bertz CT molecular complexity index is 230. The summed E-state index contributed by atoms with van der Waals surface area (Å²) >= 11 is 0. The molecule has 0 saturated carbocycles. The molecule has 0 aliphatic carbocycles. The molecule has 12 heavy (non-hydrogen) atoms. The first kappa shape index (κ1) is 9.10. The van der Waals surface area contributed by atoms with Crippen LogP contribution in [0.15, 0.2) is 10.7 Å². The molecule has 0 unspecified atom stereocenters. The molecule has 0 spiro atoms. The molecule has 3 heteroatoms. The van der Waals surface area contributed by atoms with Crippen LogP contribution in [0.3, 0.4) is 0 Å². The largest absolute Gasteiger partial charge is 0.432 e. The fourth-order valence-corrected chi connectivity index (χ4v) is 0.973. The second-order valence-electron chi connectivity index (χ2n) is 3.33. The molecule has 0 aromatic carbocycles. The second kappa shape index (κ2) is 4.14. The van der Waals surface area contributed by atoms with E-state index in [0.29, 0.717) is 6.01 Å². The van der Waals surface area contributed by atoms with Gasteiger partial charge in [-0.1, -0.05) is 13.8 Å². The molecule has 68 valence electrons. The molecule has 0 bridgehead atoms. The zero-order chi connectivity index (χ0) is 8.97. The summed E-state index contributed by atoms with van der Waals surface area (Å²) in [4.78, 5) is 4.22. The Hall–Kier alpha value is -0.990. The van der Waals surface area contributed by atoms with E-state index >= 15 is 0 Å². The Morgan fingerprint density at radius 3 is 2.83 bits per heavy atom. The first-order chi connectivity index (χ1) is 5.72. The number of hydrogen-bond acceptors (Lipinski definition) is 3. The summed E-state index contributed by atoms with van der Waals surface area (Å²) in [5, 5.41) is 2.86. The van der Waals surface area contributed by atoms with E-state index < -0.39 is 0 Å². The van der Waals surface area contributed by atoms with Crippen LogP contribution in [0.25, 0.3) is 0 Å². The van der Waals surface area contributed by atoms with Crippen molar-refractivity contribution in [1.82, 2.24) is 4.98 Å². The molecule has 0 atom stereocenters. The van der Waals surface area contributed by atoms with Crippen molar-refractivity contribution in [2.75, 3.05) is 12.4 Å². The summed E-state index contributed by atoms with van der Waals surface area (Å²) < 4.78 is 5.12. The summed E-state index contributed by atoms with van der Waals surface area (Å²) in [5.41, 5.74) is 1.04. The number of hydrogen-bond donors (Lipinski definition) is 1. The smallest absolute Gasteiger partial charge is 0.294 e. The van der Waals surface area contributed by atoms with Gasteiger partial charge in [-0.15, -0.1) is 0 Å². The van der Waals surface area contributed by atoms with Crippen molar-refractivity contribution in [3.05, 3.63) is 12.0 Å². The standard InChI is InChI=1S/C9H16N2O/c1-7(2)4-5-8-6-12-9(10-3)11-8/h6-7H,4-5H2,1-3H3,(H,10,11). The van der Waals surface area contributed by atoms with Crippen molar-refractivity contribution < 1.29 is 4.42 Å².